The van der Waals surface area contributed by atoms with Crippen LogP contribution in [0, 0.1) is 0 Å². The third-order valence-corrected chi connectivity index (χ3v) is 4.66. The summed E-state index contributed by atoms with van der Waals surface area (Å²) in [6.07, 6.45) is -3.65. The first-order chi connectivity index (χ1) is 12.5. The summed E-state index contributed by atoms with van der Waals surface area (Å²) in [4.78, 5) is 7.99. The first-order valence-electron chi connectivity index (χ1n) is 8.25. The molecule has 0 aliphatic carbocycles. The Hall–Kier alpha value is -2.29. The maximum absolute atomic E-state index is 12.6. The molecular formula is C17H19F3N4OS. The lowest BCUT2D eigenvalue weighted by Crippen LogP contribution is -2.41. The summed E-state index contributed by atoms with van der Waals surface area (Å²) in [5, 5.41) is 7.79. The molecule has 2 aromatic rings. The lowest BCUT2D eigenvalue weighted by Gasteiger charge is -2.28. The van der Waals surface area contributed by atoms with Gasteiger partial charge in [-0.1, -0.05) is 18.2 Å². The number of hydrogen-bond donors (Lipinski definition) is 2. The molecule has 2 heterocycles. The first-order valence-corrected chi connectivity index (χ1v) is 9.13. The number of thiazole rings is 1. The number of hydrogen-bond acceptors (Lipinski definition) is 4. The Balaban J connectivity index is 1.71. The maximum Gasteiger partial charge on any atom is 0.434 e. The molecule has 0 saturated carbocycles. The van der Waals surface area contributed by atoms with Crippen LogP contribution >= 0.6 is 11.3 Å². The van der Waals surface area contributed by atoms with Crippen LogP contribution < -0.4 is 15.4 Å². The van der Waals surface area contributed by atoms with Crippen molar-refractivity contribution in [3.05, 3.63) is 45.9 Å². The number of aliphatic imine (C=N–C) groups is 1. The molecule has 0 fully saturated rings. The molecule has 2 N–H and O–H groups in total. The van der Waals surface area contributed by atoms with Crippen LogP contribution in [0.5, 0.6) is 5.75 Å². The molecule has 0 radical (unpaired) electrons. The lowest BCUT2D eigenvalue weighted by molar-refractivity contribution is -0.140. The number of fused-ring (bicyclic) bond motifs is 1. The monoisotopic (exact) mass is 384 g/mol. The molecule has 140 valence electrons. The number of ether oxygens (including phenoxy) is 1. The van der Waals surface area contributed by atoms with Gasteiger partial charge in [0, 0.05) is 23.9 Å². The molecule has 1 aliphatic rings. The van der Waals surface area contributed by atoms with Gasteiger partial charge in [0.05, 0.1) is 19.2 Å². The van der Waals surface area contributed by atoms with Gasteiger partial charge in [-0.3, -0.25) is 0 Å². The van der Waals surface area contributed by atoms with E-state index in [-0.39, 0.29) is 12.6 Å². The smallest absolute Gasteiger partial charge is 0.434 e. The van der Waals surface area contributed by atoms with Crippen molar-refractivity contribution in [3.8, 4) is 5.75 Å². The van der Waals surface area contributed by atoms with Crippen molar-refractivity contribution in [2.75, 3.05) is 13.2 Å². The highest BCUT2D eigenvalue weighted by Gasteiger charge is 2.33. The Morgan fingerprint density at radius 1 is 1.38 bits per heavy atom. The average Bonchev–Trinajstić information content (AvgIpc) is 3.10. The van der Waals surface area contributed by atoms with Crippen LogP contribution in [0.1, 0.15) is 35.7 Å². The second-order valence-corrected chi connectivity index (χ2v) is 6.63. The third-order valence-electron chi connectivity index (χ3n) is 3.83. The molecule has 0 spiro atoms. The minimum atomic E-state index is -4.42. The van der Waals surface area contributed by atoms with E-state index in [0.717, 1.165) is 34.5 Å². The zero-order valence-electron chi connectivity index (χ0n) is 14.1. The van der Waals surface area contributed by atoms with Crippen LogP contribution in [0.2, 0.25) is 0 Å². The van der Waals surface area contributed by atoms with Gasteiger partial charge in [0.25, 0.3) is 0 Å². The average molecular weight is 384 g/mol. The Morgan fingerprint density at radius 3 is 2.92 bits per heavy atom. The first kappa shape index (κ1) is 18.5. The van der Waals surface area contributed by atoms with Crippen LogP contribution in [0.15, 0.2) is 34.6 Å². The zero-order chi connectivity index (χ0) is 18.6. The number of benzene rings is 1. The number of rotatable bonds is 4. The molecule has 26 heavy (non-hydrogen) atoms. The van der Waals surface area contributed by atoms with Gasteiger partial charge < -0.3 is 15.4 Å². The van der Waals surface area contributed by atoms with Gasteiger partial charge in [-0.05, 0) is 13.0 Å². The van der Waals surface area contributed by atoms with E-state index in [1.54, 1.807) is 0 Å². The van der Waals surface area contributed by atoms with E-state index in [9.17, 15) is 13.2 Å². The number of halogens is 3. The molecule has 0 amide bonds. The van der Waals surface area contributed by atoms with Gasteiger partial charge >= 0.3 is 6.18 Å². The van der Waals surface area contributed by atoms with E-state index >= 15 is 0 Å². The summed E-state index contributed by atoms with van der Waals surface area (Å²) in [5.41, 5.74) is 0.168. The molecule has 1 aromatic heterocycles. The number of alkyl halides is 3. The number of aromatic nitrogens is 1. The molecule has 1 aliphatic heterocycles. The lowest BCUT2D eigenvalue weighted by atomic mass is 10.0. The standard InChI is InChI=1S/C17H19F3N4OS/c1-2-21-16(22-9-15-24-14(10-26-15)17(18,19)20)23-12-7-8-25-13-6-4-3-5-11(12)13/h3-6,10,12H,2,7-9H2,1H3,(H2,21,22,23). The SMILES string of the molecule is CCNC(=NCc1nc(C(F)(F)F)cs1)NC1CCOc2ccccc21. The highest BCUT2D eigenvalue weighted by molar-refractivity contribution is 7.09. The van der Waals surface area contributed by atoms with Crippen LogP contribution in [0.4, 0.5) is 13.2 Å². The van der Waals surface area contributed by atoms with Crippen LogP contribution in [0.3, 0.4) is 0 Å². The molecule has 3 rings (SSSR count). The Labute approximate surface area is 153 Å². The zero-order valence-corrected chi connectivity index (χ0v) is 15.0. The topological polar surface area (TPSA) is 58.5 Å². The predicted molar refractivity (Wildman–Crippen MR) is 94.4 cm³/mol. The fourth-order valence-electron chi connectivity index (χ4n) is 2.64. The van der Waals surface area contributed by atoms with E-state index in [1.165, 1.54) is 0 Å². The van der Waals surface area contributed by atoms with Crippen molar-refractivity contribution in [1.82, 2.24) is 15.6 Å². The summed E-state index contributed by atoms with van der Waals surface area (Å²) in [6, 6.07) is 7.80. The quantitative estimate of drug-likeness (QED) is 0.623. The van der Waals surface area contributed by atoms with Crippen LogP contribution in [-0.2, 0) is 12.7 Å². The molecule has 5 nitrogen and oxygen atoms in total. The number of para-hydroxylation sites is 1. The third kappa shape index (κ3) is 4.46. The summed E-state index contributed by atoms with van der Waals surface area (Å²) in [5.74, 6) is 1.37. The summed E-state index contributed by atoms with van der Waals surface area (Å²) in [7, 11) is 0. The predicted octanol–water partition coefficient (Wildman–Crippen LogP) is 3.74. The highest BCUT2D eigenvalue weighted by Crippen LogP contribution is 2.32. The van der Waals surface area contributed by atoms with Crippen molar-refractivity contribution in [3.63, 3.8) is 0 Å². The van der Waals surface area contributed by atoms with Crippen LogP contribution in [0.25, 0.3) is 0 Å². The maximum atomic E-state index is 12.6. The number of guanidine groups is 1. The van der Waals surface area contributed by atoms with Gasteiger partial charge in [0.1, 0.15) is 10.8 Å². The number of nitrogens with one attached hydrogen (secondary N) is 2. The van der Waals surface area contributed by atoms with Crippen molar-refractivity contribution in [2.24, 2.45) is 4.99 Å². The minimum Gasteiger partial charge on any atom is -0.493 e. The van der Waals surface area contributed by atoms with Crippen molar-refractivity contribution in [2.45, 2.75) is 32.1 Å². The normalized spacial score (nSPS) is 17.4. The Morgan fingerprint density at radius 2 is 2.19 bits per heavy atom. The minimum absolute atomic E-state index is 0.0276. The second-order valence-electron chi connectivity index (χ2n) is 5.69. The highest BCUT2D eigenvalue weighted by atomic mass is 32.1. The van der Waals surface area contributed by atoms with Crippen molar-refractivity contribution in [1.29, 1.82) is 0 Å². The summed E-state index contributed by atoms with van der Waals surface area (Å²) < 4.78 is 43.6. The molecule has 9 heteroatoms. The van der Waals surface area contributed by atoms with Gasteiger partial charge in [-0.25, -0.2) is 9.98 Å². The molecule has 1 unspecified atom stereocenters. The number of nitrogens with zero attached hydrogens (tertiary/aromatic N) is 2. The van der Waals surface area contributed by atoms with Gasteiger partial charge in [0.15, 0.2) is 11.7 Å². The van der Waals surface area contributed by atoms with E-state index in [0.29, 0.717) is 24.1 Å². The van der Waals surface area contributed by atoms with Gasteiger partial charge in [-0.15, -0.1) is 11.3 Å². The van der Waals surface area contributed by atoms with Crippen LogP contribution in [-0.4, -0.2) is 24.1 Å². The fourth-order valence-corrected chi connectivity index (χ4v) is 3.36. The van der Waals surface area contributed by atoms with E-state index < -0.39 is 11.9 Å². The Bertz CT molecular complexity index is 775. The van der Waals surface area contributed by atoms with E-state index in [1.807, 2.05) is 31.2 Å². The Kier molecular flexibility index (Phi) is 5.65. The van der Waals surface area contributed by atoms with Crippen molar-refractivity contribution < 1.29 is 17.9 Å². The summed E-state index contributed by atoms with van der Waals surface area (Å²) >= 11 is 0.957. The molecule has 0 saturated heterocycles. The van der Waals surface area contributed by atoms with E-state index in [2.05, 4.69) is 20.6 Å². The molecule has 1 aromatic carbocycles. The summed E-state index contributed by atoms with van der Waals surface area (Å²) in [6.45, 7) is 3.25. The second kappa shape index (κ2) is 7.94. The molecule has 0 bridgehead atoms. The molecular weight excluding hydrogens is 365 g/mol. The van der Waals surface area contributed by atoms with Gasteiger partial charge in [0.2, 0.25) is 0 Å². The van der Waals surface area contributed by atoms with Gasteiger partial charge in [-0.2, -0.15) is 13.2 Å². The molecule has 1 atom stereocenters. The van der Waals surface area contributed by atoms with Crippen molar-refractivity contribution >= 4 is 17.3 Å². The van der Waals surface area contributed by atoms with E-state index in [4.69, 9.17) is 4.74 Å². The largest absolute Gasteiger partial charge is 0.493 e. The fraction of sp³-hybridized carbons (Fsp3) is 0.412.